The van der Waals surface area contributed by atoms with Crippen molar-refractivity contribution in [3.05, 3.63) is 65.4 Å². The molecular weight excluding hydrogens is 260 g/mol. The van der Waals surface area contributed by atoms with E-state index < -0.39 is 0 Å². The van der Waals surface area contributed by atoms with Crippen LogP contribution >= 0.6 is 0 Å². The smallest absolute Gasteiger partial charge is 0.105 e. The number of aromatic nitrogens is 3. The van der Waals surface area contributed by atoms with Gasteiger partial charge in [0.15, 0.2) is 0 Å². The van der Waals surface area contributed by atoms with Crippen LogP contribution in [0.15, 0.2) is 48.5 Å². The number of aryl methyl sites for hydroxylation is 2. The van der Waals surface area contributed by atoms with Gasteiger partial charge in [-0.25, -0.2) is 4.68 Å². The van der Waals surface area contributed by atoms with Gasteiger partial charge in [0.2, 0.25) is 0 Å². The normalized spacial score (nSPS) is 10.8. The van der Waals surface area contributed by atoms with Gasteiger partial charge in [-0.1, -0.05) is 47.7 Å². The number of rotatable bonds is 3. The molecule has 4 heteroatoms. The predicted octanol–water partition coefficient (Wildman–Crippen LogP) is 3.01. The van der Waals surface area contributed by atoms with Gasteiger partial charge in [0, 0.05) is 12.1 Å². The summed E-state index contributed by atoms with van der Waals surface area (Å²) in [5, 5.41) is 8.57. The molecule has 0 aliphatic heterocycles. The Morgan fingerprint density at radius 1 is 1.05 bits per heavy atom. The highest BCUT2D eigenvalue weighted by Crippen LogP contribution is 2.26. The molecule has 4 nitrogen and oxygen atoms in total. The second-order valence-corrected chi connectivity index (χ2v) is 5.16. The van der Waals surface area contributed by atoms with E-state index in [-0.39, 0.29) is 0 Å². The minimum Gasteiger partial charge on any atom is -0.325 e. The van der Waals surface area contributed by atoms with Gasteiger partial charge >= 0.3 is 0 Å². The monoisotopic (exact) mass is 278 g/mol. The Bertz CT molecular complexity index is 760. The van der Waals surface area contributed by atoms with Gasteiger partial charge in [0.25, 0.3) is 0 Å². The Labute approximate surface area is 124 Å². The fourth-order valence-corrected chi connectivity index (χ4v) is 2.45. The second-order valence-electron chi connectivity index (χ2n) is 5.16. The number of nitrogens with two attached hydrogens (primary N) is 1. The summed E-state index contributed by atoms with van der Waals surface area (Å²) in [5.74, 6) is 0. The van der Waals surface area contributed by atoms with Crippen molar-refractivity contribution in [2.45, 2.75) is 20.4 Å². The lowest BCUT2D eigenvalue weighted by Gasteiger charge is -2.11. The van der Waals surface area contributed by atoms with Crippen LogP contribution < -0.4 is 5.73 Å². The molecule has 2 N–H and O–H groups in total. The Hall–Kier alpha value is -2.46. The fourth-order valence-electron chi connectivity index (χ4n) is 2.45. The Kier molecular flexibility index (Phi) is 3.54. The molecule has 0 atom stereocenters. The average molecular weight is 278 g/mol. The van der Waals surface area contributed by atoms with Crippen molar-refractivity contribution in [1.29, 1.82) is 0 Å². The summed E-state index contributed by atoms with van der Waals surface area (Å²) in [7, 11) is 0. The minimum absolute atomic E-state index is 0.370. The quantitative estimate of drug-likeness (QED) is 0.801. The lowest BCUT2D eigenvalue weighted by Crippen LogP contribution is -2.04. The van der Waals surface area contributed by atoms with Crippen LogP contribution in [-0.2, 0) is 6.54 Å². The molecule has 0 amide bonds. The standard InChI is InChI=1S/C17H18N4/c1-12-8-9-13(2)16(10-12)21-17(15(11-18)19-20-21)14-6-4-3-5-7-14/h3-10H,11,18H2,1-2H3. The summed E-state index contributed by atoms with van der Waals surface area (Å²) in [6, 6.07) is 16.4. The van der Waals surface area contributed by atoms with Crippen LogP contribution in [0.25, 0.3) is 16.9 Å². The van der Waals surface area contributed by atoms with Gasteiger partial charge in [0.1, 0.15) is 5.69 Å². The summed E-state index contributed by atoms with van der Waals surface area (Å²) >= 11 is 0. The van der Waals surface area contributed by atoms with Crippen LogP contribution in [-0.4, -0.2) is 15.0 Å². The van der Waals surface area contributed by atoms with Gasteiger partial charge < -0.3 is 5.73 Å². The molecule has 0 bridgehead atoms. The summed E-state index contributed by atoms with van der Waals surface area (Å²) < 4.78 is 1.89. The van der Waals surface area contributed by atoms with Crippen LogP contribution in [0, 0.1) is 13.8 Å². The first-order chi connectivity index (χ1) is 10.2. The number of hydrogen-bond donors (Lipinski definition) is 1. The molecule has 0 fully saturated rings. The molecule has 106 valence electrons. The van der Waals surface area contributed by atoms with Gasteiger partial charge in [0.05, 0.1) is 11.4 Å². The molecule has 1 aromatic heterocycles. The van der Waals surface area contributed by atoms with Crippen molar-refractivity contribution in [3.8, 4) is 16.9 Å². The maximum Gasteiger partial charge on any atom is 0.105 e. The first-order valence-electron chi connectivity index (χ1n) is 6.98. The van der Waals surface area contributed by atoms with Crippen LogP contribution in [0.3, 0.4) is 0 Å². The second kappa shape index (κ2) is 5.50. The van der Waals surface area contributed by atoms with E-state index in [0.717, 1.165) is 28.2 Å². The van der Waals surface area contributed by atoms with Crippen LogP contribution in [0.4, 0.5) is 0 Å². The largest absolute Gasteiger partial charge is 0.325 e. The topological polar surface area (TPSA) is 56.7 Å². The Morgan fingerprint density at radius 2 is 1.81 bits per heavy atom. The summed E-state index contributed by atoms with van der Waals surface area (Å²) in [5.41, 5.74) is 12.1. The van der Waals surface area contributed by atoms with Gasteiger partial charge in [-0.15, -0.1) is 5.10 Å². The average Bonchev–Trinajstić information content (AvgIpc) is 2.94. The highest BCUT2D eigenvalue weighted by atomic mass is 15.4. The lowest BCUT2D eigenvalue weighted by atomic mass is 10.1. The molecule has 3 rings (SSSR count). The van der Waals surface area contributed by atoms with Crippen LogP contribution in [0.5, 0.6) is 0 Å². The SMILES string of the molecule is Cc1ccc(C)c(-n2nnc(CN)c2-c2ccccc2)c1. The first-order valence-corrected chi connectivity index (χ1v) is 6.98. The zero-order valence-corrected chi connectivity index (χ0v) is 12.2. The van der Waals surface area contributed by atoms with E-state index in [2.05, 4.69) is 54.5 Å². The molecular formula is C17H18N4. The maximum atomic E-state index is 5.83. The van der Waals surface area contributed by atoms with E-state index in [4.69, 9.17) is 5.73 Å². The molecule has 3 aromatic rings. The lowest BCUT2D eigenvalue weighted by molar-refractivity contribution is 0.795. The summed E-state index contributed by atoms with van der Waals surface area (Å²) in [6.45, 7) is 4.52. The third kappa shape index (κ3) is 2.45. The third-order valence-corrected chi connectivity index (χ3v) is 3.57. The predicted molar refractivity (Wildman–Crippen MR) is 84.2 cm³/mol. The van der Waals surface area contributed by atoms with Gasteiger partial charge in [-0.05, 0) is 31.0 Å². The molecule has 0 aliphatic rings. The molecule has 0 radical (unpaired) electrons. The highest BCUT2D eigenvalue weighted by Gasteiger charge is 2.16. The van der Waals surface area contributed by atoms with Crippen molar-refractivity contribution in [3.63, 3.8) is 0 Å². The minimum atomic E-state index is 0.370. The van der Waals surface area contributed by atoms with Crippen molar-refractivity contribution < 1.29 is 0 Å². The molecule has 1 heterocycles. The zero-order chi connectivity index (χ0) is 14.8. The Morgan fingerprint density at radius 3 is 2.52 bits per heavy atom. The molecule has 0 unspecified atom stereocenters. The zero-order valence-electron chi connectivity index (χ0n) is 12.2. The fraction of sp³-hybridized carbons (Fsp3) is 0.176. The van der Waals surface area contributed by atoms with Gasteiger partial charge in [-0.2, -0.15) is 0 Å². The molecule has 0 saturated heterocycles. The van der Waals surface area contributed by atoms with Crippen molar-refractivity contribution in [2.24, 2.45) is 5.73 Å². The first kappa shape index (κ1) is 13.5. The molecule has 2 aromatic carbocycles. The number of benzene rings is 2. The van der Waals surface area contributed by atoms with Crippen LogP contribution in [0.2, 0.25) is 0 Å². The van der Waals surface area contributed by atoms with Crippen molar-refractivity contribution in [2.75, 3.05) is 0 Å². The van der Waals surface area contributed by atoms with Crippen LogP contribution in [0.1, 0.15) is 16.8 Å². The van der Waals surface area contributed by atoms with E-state index in [9.17, 15) is 0 Å². The number of nitrogens with zero attached hydrogens (tertiary/aromatic N) is 3. The van der Waals surface area contributed by atoms with Crippen molar-refractivity contribution >= 4 is 0 Å². The number of hydrogen-bond acceptors (Lipinski definition) is 3. The summed E-state index contributed by atoms with van der Waals surface area (Å²) in [6.07, 6.45) is 0. The highest BCUT2D eigenvalue weighted by molar-refractivity contribution is 5.65. The van der Waals surface area contributed by atoms with Crippen molar-refractivity contribution in [1.82, 2.24) is 15.0 Å². The van der Waals surface area contributed by atoms with E-state index >= 15 is 0 Å². The summed E-state index contributed by atoms with van der Waals surface area (Å²) in [4.78, 5) is 0. The molecule has 21 heavy (non-hydrogen) atoms. The van der Waals surface area contributed by atoms with E-state index in [1.807, 2.05) is 22.9 Å². The molecule has 0 spiro atoms. The third-order valence-electron chi connectivity index (χ3n) is 3.57. The molecule has 0 saturated carbocycles. The van der Waals surface area contributed by atoms with E-state index in [0.29, 0.717) is 6.54 Å². The Balaban J connectivity index is 2.25. The maximum absolute atomic E-state index is 5.83. The molecule has 0 aliphatic carbocycles. The van der Waals surface area contributed by atoms with E-state index in [1.165, 1.54) is 5.56 Å². The van der Waals surface area contributed by atoms with Gasteiger partial charge in [-0.3, -0.25) is 0 Å². The van der Waals surface area contributed by atoms with E-state index in [1.54, 1.807) is 0 Å².